The lowest BCUT2D eigenvalue weighted by Gasteiger charge is -2.17. The molecule has 2 aromatic rings. The van der Waals surface area contributed by atoms with Crippen molar-refractivity contribution in [3.8, 4) is 5.75 Å². The molecule has 6 heteroatoms. The van der Waals surface area contributed by atoms with Crippen molar-refractivity contribution in [3.63, 3.8) is 0 Å². The van der Waals surface area contributed by atoms with Crippen LogP contribution >= 0.6 is 0 Å². The minimum absolute atomic E-state index is 0.0313. The van der Waals surface area contributed by atoms with Gasteiger partial charge < -0.3 is 10.5 Å². The number of nitrogens with zero attached hydrogens (tertiary/aromatic N) is 1. The molecule has 0 fully saturated rings. The van der Waals surface area contributed by atoms with E-state index in [2.05, 4.69) is 0 Å². The van der Waals surface area contributed by atoms with Crippen molar-refractivity contribution >= 4 is 22.3 Å². The maximum Gasteiger partial charge on any atom is 0.277 e. The number of nitrogens with two attached hydrogens (primary N) is 1. The van der Waals surface area contributed by atoms with E-state index in [4.69, 9.17) is 15.9 Å². The Morgan fingerprint density at radius 2 is 2.00 bits per heavy atom. The minimum Gasteiger partial charge on any atom is -0.482 e. The van der Waals surface area contributed by atoms with E-state index in [1.54, 1.807) is 30.3 Å². The van der Waals surface area contributed by atoms with E-state index in [1.807, 2.05) is 6.92 Å². The predicted molar refractivity (Wildman–Crippen MR) is 77.2 cm³/mol. The van der Waals surface area contributed by atoms with Crippen LogP contribution in [0.2, 0.25) is 0 Å². The van der Waals surface area contributed by atoms with Crippen LogP contribution in [0.1, 0.15) is 13.3 Å². The molecule has 0 aromatic heterocycles. The molecule has 0 saturated carbocycles. The molecule has 0 amide bonds. The lowest BCUT2D eigenvalue weighted by molar-refractivity contribution is -0.383. The minimum atomic E-state index is -0.528. The number of fused-ring (bicyclic) bond motifs is 1. The zero-order chi connectivity index (χ0) is 14.7. The molecule has 1 atom stereocenters. The molecule has 0 radical (unpaired) electrons. The van der Waals surface area contributed by atoms with Crippen LogP contribution < -0.4 is 10.5 Å². The summed E-state index contributed by atoms with van der Waals surface area (Å²) in [7, 11) is 0. The fraction of sp³-hybridized carbons (Fsp3) is 0.214. The topological polar surface area (TPSA) is 102 Å². The summed E-state index contributed by atoms with van der Waals surface area (Å²) in [5.41, 5.74) is 5.50. The molecule has 1 unspecified atom stereocenters. The zero-order valence-corrected chi connectivity index (χ0v) is 11.0. The third-order valence-corrected chi connectivity index (χ3v) is 3.04. The van der Waals surface area contributed by atoms with Gasteiger partial charge in [0.05, 0.1) is 10.3 Å². The van der Waals surface area contributed by atoms with Crippen LogP contribution in [-0.2, 0) is 0 Å². The molecule has 0 aliphatic heterocycles. The molecule has 0 aliphatic rings. The van der Waals surface area contributed by atoms with Crippen LogP contribution in [0.15, 0.2) is 36.4 Å². The average molecular weight is 273 g/mol. The van der Waals surface area contributed by atoms with Crippen molar-refractivity contribution in [2.24, 2.45) is 5.73 Å². The highest BCUT2D eigenvalue weighted by Gasteiger charge is 2.17. The van der Waals surface area contributed by atoms with Crippen LogP contribution in [0.25, 0.3) is 10.8 Å². The van der Waals surface area contributed by atoms with E-state index >= 15 is 0 Å². The largest absolute Gasteiger partial charge is 0.482 e. The van der Waals surface area contributed by atoms with Gasteiger partial charge in [-0.1, -0.05) is 25.1 Å². The van der Waals surface area contributed by atoms with Crippen LogP contribution in [0.5, 0.6) is 5.75 Å². The summed E-state index contributed by atoms with van der Waals surface area (Å²) in [5.74, 6) is 0.434. The molecule has 2 aromatic carbocycles. The monoisotopic (exact) mass is 273 g/mol. The summed E-state index contributed by atoms with van der Waals surface area (Å²) in [4.78, 5) is 10.6. The molecule has 0 spiro atoms. The quantitative estimate of drug-likeness (QED) is 0.378. The van der Waals surface area contributed by atoms with E-state index in [-0.39, 0.29) is 11.5 Å². The van der Waals surface area contributed by atoms with Crippen LogP contribution in [0, 0.1) is 15.5 Å². The summed E-state index contributed by atoms with van der Waals surface area (Å²) >= 11 is 0. The number of non-ortho nitro benzene ring substituents is 1. The van der Waals surface area contributed by atoms with E-state index in [1.165, 1.54) is 6.07 Å². The van der Waals surface area contributed by atoms with Gasteiger partial charge in [0.1, 0.15) is 11.6 Å². The fourth-order valence-corrected chi connectivity index (χ4v) is 2.04. The van der Waals surface area contributed by atoms with Gasteiger partial charge in [0.2, 0.25) is 0 Å². The normalized spacial score (nSPS) is 12.1. The second kappa shape index (κ2) is 5.56. The number of amidine groups is 1. The van der Waals surface area contributed by atoms with E-state index in [0.29, 0.717) is 22.9 Å². The number of nitrogens with one attached hydrogen (secondary N) is 1. The summed E-state index contributed by atoms with van der Waals surface area (Å²) in [6.07, 6.45) is 0.0283. The summed E-state index contributed by atoms with van der Waals surface area (Å²) in [6, 6.07) is 9.91. The molecule has 0 bridgehead atoms. The van der Waals surface area contributed by atoms with Crippen molar-refractivity contribution in [3.05, 3.63) is 46.5 Å². The Balaban J connectivity index is 2.53. The zero-order valence-electron chi connectivity index (χ0n) is 11.0. The number of hydrogen-bond acceptors (Lipinski definition) is 4. The smallest absolute Gasteiger partial charge is 0.277 e. The van der Waals surface area contributed by atoms with Gasteiger partial charge in [-0.05, 0) is 18.6 Å². The molecule has 104 valence electrons. The van der Waals surface area contributed by atoms with Gasteiger partial charge in [-0.3, -0.25) is 15.5 Å². The van der Waals surface area contributed by atoms with Gasteiger partial charge in [0.25, 0.3) is 5.69 Å². The van der Waals surface area contributed by atoms with Crippen molar-refractivity contribution in [2.45, 2.75) is 19.4 Å². The Morgan fingerprint density at radius 3 is 2.55 bits per heavy atom. The maximum absolute atomic E-state index is 11.0. The summed E-state index contributed by atoms with van der Waals surface area (Å²) < 4.78 is 5.70. The molecular weight excluding hydrogens is 258 g/mol. The first kappa shape index (κ1) is 13.8. The Bertz CT molecular complexity index is 670. The average Bonchev–Trinajstić information content (AvgIpc) is 2.43. The Morgan fingerprint density at radius 1 is 1.35 bits per heavy atom. The molecule has 0 aliphatic carbocycles. The number of nitro groups is 1. The summed E-state index contributed by atoms with van der Waals surface area (Å²) in [5, 5.41) is 19.6. The highest BCUT2D eigenvalue weighted by molar-refractivity contribution is 5.95. The van der Waals surface area contributed by atoms with Gasteiger partial charge in [0.15, 0.2) is 6.10 Å². The lowest BCUT2D eigenvalue weighted by atomic mass is 10.1. The highest BCUT2D eigenvalue weighted by atomic mass is 16.6. The van der Waals surface area contributed by atoms with E-state index in [9.17, 15) is 10.1 Å². The first-order valence-corrected chi connectivity index (χ1v) is 6.21. The molecule has 6 nitrogen and oxygen atoms in total. The molecule has 0 saturated heterocycles. The second-order valence-electron chi connectivity index (χ2n) is 4.36. The van der Waals surface area contributed by atoms with Crippen molar-refractivity contribution < 1.29 is 9.66 Å². The second-order valence-corrected chi connectivity index (χ2v) is 4.36. The Kier molecular flexibility index (Phi) is 3.84. The SMILES string of the molecule is CCC(Oc1ccc([N+](=O)[O-])c2ccccc12)C(=N)N. The van der Waals surface area contributed by atoms with Gasteiger partial charge >= 0.3 is 0 Å². The number of nitro benzene ring substituents is 1. The Hall–Kier alpha value is -2.63. The van der Waals surface area contributed by atoms with Crippen molar-refractivity contribution in [1.82, 2.24) is 0 Å². The van der Waals surface area contributed by atoms with Gasteiger partial charge in [-0.15, -0.1) is 0 Å². The van der Waals surface area contributed by atoms with Crippen molar-refractivity contribution in [1.29, 1.82) is 5.41 Å². The first-order valence-electron chi connectivity index (χ1n) is 6.21. The van der Waals surface area contributed by atoms with Crippen molar-refractivity contribution in [2.75, 3.05) is 0 Å². The molecular formula is C14H15N3O3. The number of benzene rings is 2. The van der Waals surface area contributed by atoms with Gasteiger partial charge in [-0.25, -0.2) is 0 Å². The number of ether oxygens (including phenoxy) is 1. The van der Waals surface area contributed by atoms with E-state index < -0.39 is 11.0 Å². The van der Waals surface area contributed by atoms with Crippen LogP contribution in [-0.4, -0.2) is 16.9 Å². The number of rotatable bonds is 5. The predicted octanol–water partition coefficient (Wildman–Crippen LogP) is 2.84. The fourth-order valence-electron chi connectivity index (χ4n) is 2.04. The third-order valence-electron chi connectivity index (χ3n) is 3.04. The first-order chi connectivity index (χ1) is 9.54. The standard InChI is InChI=1S/C14H15N3O3/c1-2-12(14(15)16)20-13-8-7-11(17(18)19)9-5-3-4-6-10(9)13/h3-8,12H,2H2,1H3,(H3,15,16). The lowest BCUT2D eigenvalue weighted by Crippen LogP contribution is -2.32. The Labute approximate surface area is 115 Å². The van der Waals surface area contributed by atoms with Crippen LogP contribution in [0.3, 0.4) is 0 Å². The molecule has 2 rings (SSSR count). The van der Waals surface area contributed by atoms with Gasteiger partial charge in [0, 0.05) is 11.5 Å². The highest BCUT2D eigenvalue weighted by Crippen LogP contribution is 2.33. The van der Waals surface area contributed by atoms with Crippen LogP contribution in [0.4, 0.5) is 5.69 Å². The third kappa shape index (κ3) is 2.54. The molecule has 3 N–H and O–H groups in total. The number of hydrogen-bond donors (Lipinski definition) is 2. The van der Waals surface area contributed by atoms with E-state index in [0.717, 1.165) is 0 Å². The maximum atomic E-state index is 11.0. The molecule has 0 heterocycles. The molecule has 20 heavy (non-hydrogen) atoms. The summed E-state index contributed by atoms with van der Waals surface area (Å²) in [6.45, 7) is 1.86. The van der Waals surface area contributed by atoms with Gasteiger partial charge in [-0.2, -0.15) is 0 Å².